The molecule has 0 fully saturated rings. The van der Waals surface area contributed by atoms with Gasteiger partial charge in [0.15, 0.2) is 12.5 Å². The van der Waals surface area contributed by atoms with E-state index in [0.29, 0.717) is 10.8 Å². The summed E-state index contributed by atoms with van der Waals surface area (Å²) >= 11 is 12.5. The Bertz CT molecular complexity index is 281. The molecule has 5 heteroatoms. The fraction of sp³-hybridized carbons (Fsp3) is 0.250. The minimum Gasteiger partial charge on any atom is -0.465 e. The van der Waals surface area contributed by atoms with Crippen LogP contribution in [-0.2, 0) is 4.74 Å². The Kier molecular flexibility index (Phi) is 4.52. The number of methoxy groups -OCH3 is 1. The molecule has 0 unspecified atom stereocenters. The Balaban J connectivity index is 2.92. The molecule has 0 amide bonds. The van der Waals surface area contributed by atoms with Crippen LogP contribution in [0.5, 0.6) is 5.75 Å². The van der Waals surface area contributed by atoms with E-state index in [1.807, 2.05) is 0 Å². The van der Waals surface area contributed by atoms with Crippen LogP contribution in [0.4, 0.5) is 0 Å². The van der Waals surface area contributed by atoms with Crippen LogP contribution in [0, 0.1) is 0 Å². The van der Waals surface area contributed by atoms with Crippen molar-refractivity contribution in [2.24, 2.45) is 0 Å². The van der Waals surface area contributed by atoms with E-state index in [1.54, 1.807) is 19.2 Å². The van der Waals surface area contributed by atoms with Gasteiger partial charge in [0.05, 0.1) is 8.95 Å². The van der Waals surface area contributed by atoms with Crippen molar-refractivity contribution in [3.8, 4) is 5.75 Å². The van der Waals surface area contributed by atoms with Gasteiger partial charge in [-0.05, 0) is 44.0 Å². The second-order valence-corrected chi connectivity index (χ2v) is 4.39. The largest absolute Gasteiger partial charge is 0.465 e. The smallest absolute Gasteiger partial charge is 0.188 e. The second kappa shape index (κ2) is 5.20. The highest BCUT2D eigenvalue weighted by Gasteiger charge is 2.07. The van der Waals surface area contributed by atoms with Crippen LogP contribution in [0.3, 0.4) is 0 Å². The third kappa shape index (κ3) is 3.13. The molecule has 13 heavy (non-hydrogen) atoms. The Morgan fingerprint density at radius 2 is 1.85 bits per heavy atom. The lowest BCUT2D eigenvalue weighted by atomic mass is 10.3. The molecule has 0 aromatic heterocycles. The van der Waals surface area contributed by atoms with Crippen molar-refractivity contribution in [3.05, 3.63) is 26.1 Å². The maximum Gasteiger partial charge on any atom is 0.188 e. The lowest BCUT2D eigenvalue weighted by Crippen LogP contribution is -2.00. The van der Waals surface area contributed by atoms with E-state index in [2.05, 4.69) is 31.9 Å². The zero-order valence-electron chi connectivity index (χ0n) is 6.81. The quantitative estimate of drug-likeness (QED) is 0.784. The van der Waals surface area contributed by atoms with Crippen LogP contribution < -0.4 is 4.74 Å². The molecule has 0 bridgehead atoms. The molecule has 0 aliphatic rings. The van der Waals surface area contributed by atoms with Crippen LogP contribution in [0.2, 0.25) is 5.02 Å². The zero-order chi connectivity index (χ0) is 9.84. The predicted molar refractivity (Wildman–Crippen MR) is 59.4 cm³/mol. The van der Waals surface area contributed by atoms with Gasteiger partial charge in [0, 0.05) is 12.1 Å². The topological polar surface area (TPSA) is 18.5 Å². The fourth-order valence-electron chi connectivity index (χ4n) is 0.785. The van der Waals surface area contributed by atoms with Crippen LogP contribution >= 0.6 is 43.5 Å². The summed E-state index contributed by atoms with van der Waals surface area (Å²) in [6, 6.07) is 3.52. The van der Waals surface area contributed by atoms with Gasteiger partial charge in [-0.25, -0.2) is 0 Å². The average molecular weight is 330 g/mol. The van der Waals surface area contributed by atoms with Crippen molar-refractivity contribution < 1.29 is 9.47 Å². The third-order valence-corrected chi connectivity index (χ3v) is 2.68. The van der Waals surface area contributed by atoms with Crippen LogP contribution in [0.25, 0.3) is 0 Å². The van der Waals surface area contributed by atoms with E-state index in [9.17, 15) is 0 Å². The minimum absolute atomic E-state index is 0.207. The molecule has 72 valence electrons. The molecule has 1 rings (SSSR count). The highest BCUT2D eigenvalue weighted by Crippen LogP contribution is 2.36. The second-order valence-electron chi connectivity index (χ2n) is 2.25. The SMILES string of the molecule is COCOc1c(Br)cc(Cl)cc1Br. The molecule has 2 nitrogen and oxygen atoms in total. The lowest BCUT2D eigenvalue weighted by molar-refractivity contribution is 0.0500. The molecule has 1 aromatic carbocycles. The van der Waals surface area contributed by atoms with E-state index in [-0.39, 0.29) is 6.79 Å². The van der Waals surface area contributed by atoms with Gasteiger partial charge in [-0.1, -0.05) is 11.6 Å². The maximum atomic E-state index is 5.81. The number of hydrogen-bond donors (Lipinski definition) is 0. The van der Waals surface area contributed by atoms with Crippen molar-refractivity contribution in [3.63, 3.8) is 0 Å². The molecule has 0 aliphatic carbocycles. The van der Waals surface area contributed by atoms with Crippen LogP contribution in [0.15, 0.2) is 21.1 Å². The van der Waals surface area contributed by atoms with Crippen molar-refractivity contribution in [2.75, 3.05) is 13.9 Å². The summed E-state index contributed by atoms with van der Waals surface area (Å²) in [6.07, 6.45) is 0. The monoisotopic (exact) mass is 328 g/mol. The molecule has 0 atom stereocenters. The van der Waals surface area contributed by atoms with Crippen LogP contribution in [0.1, 0.15) is 0 Å². The highest BCUT2D eigenvalue weighted by molar-refractivity contribution is 9.11. The molecule has 0 saturated heterocycles. The molecule has 0 spiro atoms. The molecule has 0 radical (unpaired) electrons. The van der Waals surface area contributed by atoms with Gasteiger partial charge in [-0.15, -0.1) is 0 Å². The van der Waals surface area contributed by atoms with Gasteiger partial charge < -0.3 is 9.47 Å². The Morgan fingerprint density at radius 3 is 2.31 bits per heavy atom. The fourth-order valence-corrected chi connectivity index (χ4v) is 2.68. The minimum atomic E-state index is 0.207. The van der Waals surface area contributed by atoms with Gasteiger partial charge >= 0.3 is 0 Å². The number of halogens is 3. The summed E-state index contributed by atoms with van der Waals surface area (Å²) in [4.78, 5) is 0. The van der Waals surface area contributed by atoms with Crippen molar-refractivity contribution in [2.45, 2.75) is 0 Å². The normalized spacial score (nSPS) is 10.2. The Hall–Kier alpha value is 0.230. The lowest BCUT2D eigenvalue weighted by Gasteiger charge is -2.09. The number of ether oxygens (including phenoxy) is 2. The highest BCUT2D eigenvalue weighted by atomic mass is 79.9. The van der Waals surface area contributed by atoms with Crippen molar-refractivity contribution >= 4 is 43.5 Å². The van der Waals surface area contributed by atoms with Gasteiger partial charge in [-0.2, -0.15) is 0 Å². The first-order valence-electron chi connectivity index (χ1n) is 3.41. The summed E-state index contributed by atoms with van der Waals surface area (Å²) in [7, 11) is 1.57. The van der Waals surface area contributed by atoms with Crippen molar-refractivity contribution in [1.29, 1.82) is 0 Å². The third-order valence-electron chi connectivity index (χ3n) is 1.28. The predicted octanol–water partition coefficient (Wildman–Crippen LogP) is 3.85. The molecule has 1 aromatic rings. The first-order chi connectivity index (χ1) is 6.15. The summed E-state index contributed by atoms with van der Waals surface area (Å²) in [6.45, 7) is 0.207. The van der Waals surface area contributed by atoms with Gasteiger partial charge in [0.1, 0.15) is 0 Å². The van der Waals surface area contributed by atoms with E-state index in [1.165, 1.54) is 0 Å². The maximum absolute atomic E-state index is 5.81. The average Bonchev–Trinajstić information content (AvgIpc) is 2.02. The van der Waals surface area contributed by atoms with Crippen molar-refractivity contribution in [1.82, 2.24) is 0 Å². The molecule has 0 N–H and O–H groups in total. The summed E-state index contributed by atoms with van der Waals surface area (Å²) in [5.74, 6) is 0.686. The number of hydrogen-bond acceptors (Lipinski definition) is 2. The summed E-state index contributed by atoms with van der Waals surface area (Å²) in [5, 5.41) is 0.642. The van der Waals surface area contributed by atoms with E-state index in [0.717, 1.165) is 8.95 Å². The Labute approximate surface area is 98.4 Å². The standard InChI is InChI=1S/C8H7Br2ClO2/c1-12-4-13-8-6(9)2-5(11)3-7(8)10/h2-3H,4H2,1H3. The van der Waals surface area contributed by atoms with E-state index in [4.69, 9.17) is 21.1 Å². The first-order valence-corrected chi connectivity index (χ1v) is 5.38. The molecule has 0 aliphatic heterocycles. The summed E-state index contributed by atoms with van der Waals surface area (Å²) < 4.78 is 11.7. The van der Waals surface area contributed by atoms with Gasteiger partial charge in [0.25, 0.3) is 0 Å². The molecule has 0 saturated carbocycles. The number of benzene rings is 1. The van der Waals surface area contributed by atoms with Gasteiger partial charge in [0.2, 0.25) is 0 Å². The Morgan fingerprint density at radius 1 is 1.31 bits per heavy atom. The van der Waals surface area contributed by atoms with E-state index >= 15 is 0 Å². The first kappa shape index (κ1) is 11.3. The molecule has 0 heterocycles. The molecular formula is C8H7Br2ClO2. The summed E-state index contributed by atoms with van der Waals surface area (Å²) in [5.41, 5.74) is 0. The van der Waals surface area contributed by atoms with Gasteiger partial charge in [-0.3, -0.25) is 0 Å². The molecular weight excluding hydrogens is 323 g/mol. The zero-order valence-corrected chi connectivity index (χ0v) is 10.7. The number of rotatable bonds is 3. The van der Waals surface area contributed by atoms with E-state index < -0.39 is 0 Å². The van der Waals surface area contributed by atoms with Crippen LogP contribution in [-0.4, -0.2) is 13.9 Å².